The predicted octanol–water partition coefficient (Wildman–Crippen LogP) is 2.15. The van der Waals surface area contributed by atoms with Gasteiger partial charge in [-0.05, 0) is 18.2 Å². The second kappa shape index (κ2) is 3.91. The molecule has 1 N–H and O–H groups in total. The lowest BCUT2D eigenvalue weighted by molar-refractivity contribution is -0.115. The predicted molar refractivity (Wildman–Crippen MR) is 54.9 cm³/mol. The van der Waals surface area contributed by atoms with Crippen LogP contribution >= 0.6 is 11.8 Å². The highest BCUT2D eigenvalue weighted by Crippen LogP contribution is 2.36. The summed E-state index contributed by atoms with van der Waals surface area (Å²) in [4.78, 5) is 12.1. The van der Waals surface area contributed by atoms with Crippen LogP contribution in [0.15, 0.2) is 23.1 Å². The first-order chi connectivity index (χ1) is 7.20. The van der Waals surface area contributed by atoms with E-state index in [1.54, 1.807) is 0 Å². The van der Waals surface area contributed by atoms with E-state index in [0.29, 0.717) is 10.6 Å². The van der Waals surface area contributed by atoms with Crippen molar-refractivity contribution in [3.05, 3.63) is 24.0 Å². The summed E-state index contributed by atoms with van der Waals surface area (Å²) in [5.41, 5.74) is 0.612. The molecule has 0 fully saturated rings. The van der Waals surface area contributed by atoms with Gasteiger partial charge in [0.05, 0.1) is 18.2 Å². The molecule has 0 aliphatic carbocycles. The highest BCUT2D eigenvalue weighted by atomic mass is 32.2. The van der Waals surface area contributed by atoms with Crippen molar-refractivity contribution < 1.29 is 9.18 Å². The van der Waals surface area contributed by atoms with Crippen LogP contribution in [-0.4, -0.2) is 11.2 Å². The van der Waals surface area contributed by atoms with E-state index in [9.17, 15) is 9.18 Å². The molecule has 1 heterocycles. The summed E-state index contributed by atoms with van der Waals surface area (Å²) < 4.78 is 12.9. The molecular weight excluding hydrogens is 215 g/mol. The average Bonchev–Trinajstić information content (AvgIpc) is 2.20. The molecule has 2 rings (SSSR count). The molecule has 1 aliphatic heterocycles. The molecule has 0 radical (unpaired) electrons. The molecule has 1 aliphatic rings. The van der Waals surface area contributed by atoms with Crippen LogP contribution in [0.5, 0.6) is 0 Å². The van der Waals surface area contributed by atoms with Crippen molar-refractivity contribution in [3.63, 3.8) is 0 Å². The van der Waals surface area contributed by atoms with Gasteiger partial charge in [-0.3, -0.25) is 4.79 Å². The minimum Gasteiger partial charge on any atom is -0.324 e. The Hall–Kier alpha value is -1.54. The monoisotopic (exact) mass is 222 g/mol. The summed E-state index contributed by atoms with van der Waals surface area (Å²) in [6, 6.07) is 6.12. The van der Waals surface area contributed by atoms with E-state index in [1.165, 1.54) is 30.0 Å². The minimum atomic E-state index is -0.440. The first-order valence-corrected chi connectivity index (χ1v) is 5.22. The zero-order valence-corrected chi connectivity index (χ0v) is 8.47. The first kappa shape index (κ1) is 9.99. The Kier molecular flexibility index (Phi) is 2.60. The summed E-state index contributed by atoms with van der Waals surface area (Å²) in [6.45, 7) is 0. The van der Waals surface area contributed by atoms with Gasteiger partial charge in [-0.15, -0.1) is 11.8 Å². The number of nitrogens with one attached hydrogen (secondary N) is 1. The van der Waals surface area contributed by atoms with Crippen molar-refractivity contribution >= 4 is 23.4 Å². The Bertz CT molecular complexity index is 455. The number of benzene rings is 1. The molecule has 1 unspecified atom stereocenters. The molecule has 76 valence electrons. The Balaban J connectivity index is 2.31. The molecule has 0 spiro atoms. The van der Waals surface area contributed by atoms with Crippen LogP contribution in [0.4, 0.5) is 10.1 Å². The number of anilines is 1. The lowest BCUT2D eigenvalue weighted by Crippen LogP contribution is -2.28. The third-order valence-corrected chi connectivity index (χ3v) is 3.30. The fourth-order valence-corrected chi connectivity index (χ4v) is 2.39. The van der Waals surface area contributed by atoms with Crippen molar-refractivity contribution in [2.45, 2.75) is 16.6 Å². The fourth-order valence-electron chi connectivity index (χ4n) is 1.33. The van der Waals surface area contributed by atoms with Gasteiger partial charge in [-0.25, -0.2) is 4.39 Å². The Labute approximate surface area is 90.3 Å². The number of nitrogens with zero attached hydrogens (tertiary/aromatic N) is 1. The third kappa shape index (κ3) is 1.95. The van der Waals surface area contributed by atoms with Crippen LogP contribution in [-0.2, 0) is 4.79 Å². The smallest absolute Gasteiger partial charge is 0.238 e. The Morgan fingerprint density at radius 2 is 2.40 bits per heavy atom. The van der Waals surface area contributed by atoms with Crippen molar-refractivity contribution in [2.75, 3.05) is 5.32 Å². The third-order valence-electron chi connectivity index (χ3n) is 2.04. The summed E-state index contributed by atoms with van der Waals surface area (Å²) in [7, 11) is 0. The lowest BCUT2D eigenvalue weighted by atomic mass is 10.2. The van der Waals surface area contributed by atoms with Gasteiger partial charge in [0.1, 0.15) is 11.1 Å². The normalized spacial score (nSPS) is 18.9. The Morgan fingerprint density at radius 3 is 3.13 bits per heavy atom. The number of amides is 1. The standard InChI is InChI=1S/C10H7FN2OS/c11-6-1-2-7-9(5-6)15-8(3-4-12)10(14)13-7/h1-2,5,8H,3H2,(H,13,14). The highest BCUT2D eigenvalue weighted by Gasteiger charge is 2.26. The molecule has 1 aromatic carbocycles. The number of halogens is 1. The average molecular weight is 222 g/mol. The molecule has 0 bridgehead atoms. The van der Waals surface area contributed by atoms with E-state index in [-0.39, 0.29) is 18.1 Å². The van der Waals surface area contributed by atoms with Gasteiger partial charge in [-0.1, -0.05) is 0 Å². The highest BCUT2D eigenvalue weighted by molar-refractivity contribution is 8.01. The quantitative estimate of drug-likeness (QED) is 0.792. The van der Waals surface area contributed by atoms with Crippen molar-refractivity contribution in [1.29, 1.82) is 5.26 Å². The van der Waals surface area contributed by atoms with E-state index in [4.69, 9.17) is 5.26 Å². The number of nitriles is 1. The van der Waals surface area contributed by atoms with Crippen LogP contribution in [0.3, 0.4) is 0 Å². The fraction of sp³-hybridized carbons (Fsp3) is 0.200. The summed E-state index contributed by atoms with van der Waals surface area (Å²) >= 11 is 1.23. The molecule has 1 atom stereocenters. The number of carbonyl (C=O) groups excluding carboxylic acids is 1. The van der Waals surface area contributed by atoms with Crippen molar-refractivity contribution in [2.24, 2.45) is 0 Å². The van der Waals surface area contributed by atoms with Gasteiger partial charge in [-0.2, -0.15) is 5.26 Å². The van der Waals surface area contributed by atoms with Crippen molar-refractivity contribution in [1.82, 2.24) is 0 Å². The minimum absolute atomic E-state index is 0.131. The molecule has 0 saturated heterocycles. The van der Waals surface area contributed by atoms with Crippen LogP contribution in [0, 0.1) is 17.1 Å². The molecule has 3 nitrogen and oxygen atoms in total. The maximum atomic E-state index is 12.9. The van der Waals surface area contributed by atoms with Crippen LogP contribution in [0.2, 0.25) is 0 Å². The maximum absolute atomic E-state index is 12.9. The van der Waals surface area contributed by atoms with Gasteiger partial charge in [0.15, 0.2) is 0 Å². The number of fused-ring (bicyclic) bond motifs is 1. The van der Waals surface area contributed by atoms with Gasteiger partial charge in [0.2, 0.25) is 5.91 Å². The van der Waals surface area contributed by atoms with Gasteiger partial charge < -0.3 is 5.32 Å². The molecule has 0 saturated carbocycles. The van der Waals surface area contributed by atoms with Crippen LogP contribution < -0.4 is 5.32 Å². The van der Waals surface area contributed by atoms with E-state index >= 15 is 0 Å². The molecule has 15 heavy (non-hydrogen) atoms. The second-order valence-corrected chi connectivity index (χ2v) is 4.34. The van der Waals surface area contributed by atoms with Gasteiger partial charge in [0.25, 0.3) is 0 Å². The largest absolute Gasteiger partial charge is 0.324 e. The molecule has 0 aromatic heterocycles. The number of hydrogen-bond acceptors (Lipinski definition) is 3. The molecular formula is C10H7FN2OS. The van der Waals surface area contributed by atoms with E-state index in [2.05, 4.69) is 5.32 Å². The van der Waals surface area contributed by atoms with Gasteiger partial charge >= 0.3 is 0 Å². The van der Waals surface area contributed by atoms with E-state index in [1.807, 2.05) is 6.07 Å². The summed E-state index contributed by atoms with van der Waals surface area (Å²) in [5.74, 6) is -0.534. The van der Waals surface area contributed by atoms with Crippen LogP contribution in [0.25, 0.3) is 0 Å². The molecule has 1 aromatic rings. The van der Waals surface area contributed by atoms with Crippen molar-refractivity contribution in [3.8, 4) is 6.07 Å². The number of hydrogen-bond donors (Lipinski definition) is 1. The topological polar surface area (TPSA) is 52.9 Å². The number of carbonyl (C=O) groups is 1. The maximum Gasteiger partial charge on any atom is 0.238 e. The molecule has 1 amide bonds. The second-order valence-electron chi connectivity index (χ2n) is 3.10. The summed E-state index contributed by atoms with van der Waals surface area (Å²) in [5, 5.41) is 10.7. The number of rotatable bonds is 1. The zero-order valence-electron chi connectivity index (χ0n) is 7.66. The summed E-state index contributed by atoms with van der Waals surface area (Å²) in [6.07, 6.45) is 0.131. The Morgan fingerprint density at radius 1 is 1.60 bits per heavy atom. The van der Waals surface area contributed by atoms with Crippen LogP contribution in [0.1, 0.15) is 6.42 Å². The lowest BCUT2D eigenvalue weighted by Gasteiger charge is -2.22. The van der Waals surface area contributed by atoms with E-state index in [0.717, 1.165) is 0 Å². The SMILES string of the molecule is N#CCC1Sc2cc(F)ccc2NC1=O. The zero-order chi connectivity index (χ0) is 10.8. The molecule has 5 heteroatoms. The van der Waals surface area contributed by atoms with Gasteiger partial charge in [0, 0.05) is 4.90 Å². The first-order valence-electron chi connectivity index (χ1n) is 4.35. The number of thioether (sulfide) groups is 1. The van der Waals surface area contributed by atoms with E-state index < -0.39 is 5.25 Å².